The number of thiazole rings is 1. The molecule has 2 aromatic heterocycles. The van der Waals surface area contributed by atoms with Crippen LogP contribution in [-0.4, -0.2) is 59.6 Å². The maximum absolute atomic E-state index is 6.61. The molecule has 3 aromatic carbocycles. The van der Waals surface area contributed by atoms with Crippen molar-refractivity contribution < 1.29 is 14.2 Å². The number of rotatable bonds is 10. The van der Waals surface area contributed by atoms with E-state index in [4.69, 9.17) is 42.4 Å². The SMILES string of the molecule is CC(C)n1ccs/c1=N/c1ccc(N2CCN(c3ccc(OCC4COC(Cn5ccnc5)(c5ccc(Cl)cc5Cl)O4)cc3)CC2)cc1. The summed E-state index contributed by atoms with van der Waals surface area (Å²) < 4.78 is 23.1. The van der Waals surface area contributed by atoms with Crippen LogP contribution in [0.2, 0.25) is 10.0 Å². The Kier molecular flexibility index (Phi) is 9.79. The normalized spacial score (nSPS) is 20.2. The maximum atomic E-state index is 6.61. The highest BCUT2D eigenvalue weighted by atomic mass is 35.5. The number of anilines is 2. The molecule has 4 heterocycles. The van der Waals surface area contributed by atoms with Gasteiger partial charge in [-0.1, -0.05) is 29.3 Å². The van der Waals surface area contributed by atoms with Crippen LogP contribution >= 0.6 is 34.5 Å². The van der Waals surface area contributed by atoms with Gasteiger partial charge in [0.1, 0.15) is 18.5 Å². The molecular weight excluding hydrogens is 667 g/mol. The van der Waals surface area contributed by atoms with Gasteiger partial charge in [-0.25, -0.2) is 9.98 Å². The number of nitrogens with zero attached hydrogens (tertiary/aromatic N) is 6. The summed E-state index contributed by atoms with van der Waals surface area (Å²) in [6.45, 7) is 9.22. The summed E-state index contributed by atoms with van der Waals surface area (Å²) in [5.41, 5.74) is 4.10. The fourth-order valence-electron chi connectivity index (χ4n) is 6.15. The van der Waals surface area contributed by atoms with E-state index in [1.165, 1.54) is 11.4 Å². The fourth-order valence-corrected chi connectivity index (χ4v) is 7.57. The van der Waals surface area contributed by atoms with E-state index in [9.17, 15) is 0 Å². The van der Waals surface area contributed by atoms with Crippen LogP contribution in [0.4, 0.5) is 17.1 Å². The smallest absolute Gasteiger partial charge is 0.215 e. The Hall–Kier alpha value is -3.80. The molecule has 0 N–H and O–H groups in total. The topological polar surface area (TPSA) is 69.3 Å². The number of halogens is 2. The Morgan fingerprint density at radius 3 is 2.31 bits per heavy atom. The van der Waals surface area contributed by atoms with Gasteiger partial charge in [-0.15, -0.1) is 11.3 Å². The van der Waals surface area contributed by atoms with Crippen LogP contribution in [0.25, 0.3) is 0 Å². The molecule has 250 valence electrons. The standard InChI is InChI=1S/C36H38Cl2N6O3S/c1-26(2)44-19-20-48-35(44)40-28-4-6-29(7-5-28)42-15-17-43(18-16-42)30-8-10-31(11-9-30)45-22-32-23-46-36(47-32,24-41-14-13-39-25-41)33-12-3-27(37)21-34(33)38/h3-14,19-21,25-26,32H,15-18,22-24H2,1-2H3/b40-35+. The van der Waals surface area contributed by atoms with E-state index in [1.54, 1.807) is 36.0 Å². The van der Waals surface area contributed by atoms with E-state index in [-0.39, 0.29) is 6.10 Å². The van der Waals surface area contributed by atoms with E-state index in [0.717, 1.165) is 48.0 Å². The third-order valence-corrected chi connectivity index (χ3v) is 10.00. The van der Waals surface area contributed by atoms with Crippen molar-refractivity contribution in [1.29, 1.82) is 0 Å². The van der Waals surface area contributed by atoms with E-state index < -0.39 is 5.79 Å². The number of aromatic nitrogens is 3. The molecule has 9 nitrogen and oxygen atoms in total. The third kappa shape index (κ3) is 7.28. The Balaban J connectivity index is 0.925. The van der Waals surface area contributed by atoms with Gasteiger partial charge >= 0.3 is 0 Å². The zero-order valence-corrected chi connectivity index (χ0v) is 29.2. The Morgan fingerprint density at radius 1 is 0.958 bits per heavy atom. The van der Waals surface area contributed by atoms with E-state index >= 15 is 0 Å². The molecule has 2 fully saturated rings. The van der Waals surface area contributed by atoms with Crippen molar-refractivity contribution >= 4 is 51.6 Å². The molecule has 2 unspecified atom stereocenters. The van der Waals surface area contributed by atoms with Crippen molar-refractivity contribution in [3.05, 3.63) is 117 Å². The first-order valence-corrected chi connectivity index (χ1v) is 17.7. The Bertz CT molecular complexity index is 1870. The number of ether oxygens (including phenoxy) is 3. The molecule has 2 aliphatic heterocycles. The van der Waals surface area contributed by atoms with Crippen LogP contribution < -0.4 is 19.3 Å². The second kappa shape index (κ2) is 14.4. The minimum Gasteiger partial charge on any atom is -0.491 e. The Labute approximate surface area is 294 Å². The van der Waals surface area contributed by atoms with Crippen LogP contribution in [0.3, 0.4) is 0 Å². The lowest BCUT2D eigenvalue weighted by molar-refractivity contribution is -0.189. The molecule has 2 saturated heterocycles. The van der Waals surface area contributed by atoms with E-state index in [1.807, 2.05) is 29.0 Å². The molecular formula is C36H38Cl2N6O3S. The molecule has 0 amide bonds. The predicted molar refractivity (Wildman–Crippen MR) is 192 cm³/mol. The zero-order chi connectivity index (χ0) is 33.1. The summed E-state index contributed by atoms with van der Waals surface area (Å²) in [6, 6.07) is 22.6. The molecule has 0 aliphatic carbocycles. The third-order valence-electron chi connectivity index (χ3n) is 8.68. The molecule has 0 saturated carbocycles. The van der Waals surface area contributed by atoms with E-state index in [0.29, 0.717) is 35.8 Å². The van der Waals surface area contributed by atoms with Gasteiger partial charge < -0.3 is 33.1 Å². The first-order valence-electron chi connectivity index (χ1n) is 16.1. The van der Waals surface area contributed by atoms with Crippen LogP contribution in [0.15, 0.2) is 102 Å². The average molecular weight is 706 g/mol. The summed E-state index contributed by atoms with van der Waals surface area (Å²) >= 11 is 14.4. The van der Waals surface area contributed by atoms with Gasteiger partial charge in [0, 0.05) is 78.2 Å². The molecule has 0 radical (unpaired) electrons. The van der Waals surface area contributed by atoms with Crippen molar-refractivity contribution in [2.24, 2.45) is 4.99 Å². The molecule has 5 aromatic rings. The van der Waals surface area contributed by atoms with E-state index in [2.05, 4.69) is 81.2 Å². The molecule has 2 atom stereocenters. The van der Waals surface area contributed by atoms with Crippen LogP contribution in [0, 0.1) is 0 Å². The molecule has 48 heavy (non-hydrogen) atoms. The van der Waals surface area contributed by atoms with Crippen molar-refractivity contribution in [2.45, 2.75) is 38.3 Å². The molecule has 0 bridgehead atoms. The van der Waals surface area contributed by atoms with Gasteiger partial charge in [-0.05, 0) is 74.5 Å². The summed E-state index contributed by atoms with van der Waals surface area (Å²) in [6.07, 6.45) is 7.12. The second-order valence-electron chi connectivity index (χ2n) is 12.3. The first-order chi connectivity index (χ1) is 23.3. The number of imidazole rings is 1. The summed E-state index contributed by atoms with van der Waals surface area (Å²) in [5.74, 6) is -0.301. The predicted octanol–water partition coefficient (Wildman–Crippen LogP) is 7.54. The molecule has 0 spiro atoms. The number of piperazine rings is 1. The zero-order valence-electron chi connectivity index (χ0n) is 26.9. The summed E-state index contributed by atoms with van der Waals surface area (Å²) in [4.78, 5) is 14.9. The van der Waals surface area contributed by atoms with Gasteiger partial charge in [0.05, 0.1) is 30.2 Å². The highest BCUT2D eigenvalue weighted by molar-refractivity contribution is 7.07. The lowest BCUT2D eigenvalue weighted by Gasteiger charge is -2.37. The van der Waals surface area contributed by atoms with Crippen LogP contribution in [-0.2, 0) is 21.8 Å². The molecule has 7 rings (SSSR count). The van der Waals surface area contributed by atoms with Crippen molar-refractivity contribution in [3.63, 3.8) is 0 Å². The largest absolute Gasteiger partial charge is 0.491 e. The first kappa shape index (κ1) is 32.7. The minimum absolute atomic E-state index is 0.289. The fraction of sp³-hybridized carbons (Fsp3) is 0.333. The van der Waals surface area contributed by atoms with Gasteiger partial charge in [-0.2, -0.15) is 0 Å². The van der Waals surface area contributed by atoms with Crippen molar-refractivity contribution in [2.75, 3.05) is 49.2 Å². The second-order valence-corrected chi connectivity index (χ2v) is 14.0. The molecule has 12 heteroatoms. The van der Waals surface area contributed by atoms with Crippen LogP contribution in [0.5, 0.6) is 5.75 Å². The molecule has 2 aliphatic rings. The quantitative estimate of drug-likeness (QED) is 0.150. The van der Waals surface area contributed by atoms with Crippen molar-refractivity contribution in [3.8, 4) is 5.75 Å². The minimum atomic E-state index is -1.08. The highest BCUT2D eigenvalue weighted by Gasteiger charge is 2.45. The number of hydrogen-bond acceptors (Lipinski definition) is 8. The van der Waals surface area contributed by atoms with Crippen molar-refractivity contribution in [1.82, 2.24) is 14.1 Å². The average Bonchev–Trinajstić information content (AvgIpc) is 3.87. The van der Waals surface area contributed by atoms with Crippen LogP contribution in [0.1, 0.15) is 25.5 Å². The highest BCUT2D eigenvalue weighted by Crippen LogP contribution is 2.40. The summed E-state index contributed by atoms with van der Waals surface area (Å²) in [7, 11) is 0. The van der Waals surface area contributed by atoms with Gasteiger partial charge in [-0.3, -0.25) is 0 Å². The summed E-state index contributed by atoms with van der Waals surface area (Å²) in [5, 5.41) is 3.12. The lowest BCUT2D eigenvalue weighted by atomic mass is 10.1. The number of hydrogen-bond donors (Lipinski definition) is 0. The maximum Gasteiger partial charge on any atom is 0.215 e. The monoisotopic (exact) mass is 704 g/mol. The van der Waals surface area contributed by atoms with Gasteiger partial charge in [0.25, 0.3) is 0 Å². The van der Waals surface area contributed by atoms with Gasteiger partial charge in [0.2, 0.25) is 5.79 Å². The van der Waals surface area contributed by atoms with Gasteiger partial charge in [0.15, 0.2) is 4.80 Å². The number of benzene rings is 3. The lowest BCUT2D eigenvalue weighted by Crippen LogP contribution is -2.46. The Morgan fingerprint density at radius 2 is 1.67 bits per heavy atom.